The molecule has 122 valence electrons. The molecule has 0 radical (unpaired) electrons. The molecular formula is C25H16S. The van der Waals surface area contributed by atoms with Gasteiger partial charge >= 0.3 is 0 Å². The summed E-state index contributed by atoms with van der Waals surface area (Å²) in [5, 5.41) is 2.73. The minimum absolute atomic E-state index is 1.04. The summed E-state index contributed by atoms with van der Waals surface area (Å²) in [7, 11) is 0. The van der Waals surface area contributed by atoms with Crippen LogP contribution >= 0.6 is 11.3 Å². The maximum atomic E-state index is 2.29. The zero-order valence-electron chi connectivity index (χ0n) is 14.2. The lowest BCUT2D eigenvalue weighted by atomic mass is 9.93. The molecule has 1 aromatic heterocycles. The molecule has 0 aliphatic heterocycles. The second-order valence-corrected chi connectivity index (χ2v) is 8.01. The Labute approximate surface area is 156 Å². The van der Waals surface area contributed by atoms with E-state index in [4.69, 9.17) is 0 Å². The van der Waals surface area contributed by atoms with Crippen molar-refractivity contribution in [2.75, 3.05) is 0 Å². The van der Waals surface area contributed by atoms with Crippen molar-refractivity contribution in [3.8, 4) is 22.3 Å². The monoisotopic (exact) mass is 348 g/mol. The third kappa shape index (κ3) is 1.89. The maximum absolute atomic E-state index is 2.29. The van der Waals surface area contributed by atoms with Gasteiger partial charge in [0.2, 0.25) is 0 Å². The van der Waals surface area contributed by atoms with E-state index in [0.717, 1.165) is 6.42 Å². The third-order valence-electron chi connectivity index (χ3n) is 5.51. The molecule has 1 aliphatic rings. The molecule has 0 amide bonds. The van der Waals surface area contributed by atoms with E-state index >= 15 is 0 Å². The molecule has 0 nitrogen and oxygen atoms in total. The third-order valence-corrected chi connectivity index (χ3v) is 6.73. The fraction of sp³-hybridized carbons (Fsp3) is 0.0400. The predicted octanol–water partition coefficient (Wildman–Crippen LogP) is 7.29. The minimum Gasteiger partial charge on any atom is -0.135 e. The summed E-state index contributed by atoms with van der Waals surface area (Å²) in [6.07, 6.45) is 1.04. The lowest BCUT2D eigenvalue weighted by molar-refractivity contribution is 1.26. The van der Waals surface area contributed by atoms with Crippen LogP contribution in [0.4, 0.5) is 0 Å². The van der Waals surface area contributed by atoms with Crippen molar-refractivity contribution in [2.45, 2.75) is 6.42 Å². The predicted molar refractivity (Wildman–Crippen MR) is 113 cm³/mol. The van der Waals surface area contributed by atoms with Crippen LogP contribution in [0.2, 0.25) is 0 Å². The molecule has 0 saturated heterocycles. The fourth-order valence-corrected chi connectivity index (χ4v) is 5.60. The number of rotatable bonds is 1. The van der Waals surface area contributed by atoms with Gasteiger partial charge in [-0.25, -0.2) is 0 Å². The molecule has 5 aromatic rings. The van der Waals surface area contributed by atoms with Crippen LogP contribution in [-0.2, 0) is 6.42 Å². The molecule has 0 atom stereocenters. The normalized spacial score (nSPS) is 12.5. The van der Waals surface area contributed by atoms with Crippen LogP contribution in [0.1, 0.15) is 11.1 Å². The Morgan fingerprint density at radius 2 is 1.23 bits per heavy atom. The molecule has 1 heteroatoms. The van der Waals surface area contributed by atoms with Crippen LogP contribution < -0.4 is 0 Å². The SMILES string of the molecule is c1ccc2c(c1)Cc1cccc(-c3cccc4c3sc3ccccc34)c1-2. The van der Waals surface area contributed by atoms with Gasteiger partial charge in [-0.2, -0.15) is 0 Å². The summed E-state index contributed by atoms with van der Waals surface area (Å²) in [5.41, 5.74) is 8.44. The Morgan fingerprint density at radius 1 is 0.538 bits per heavy atom. The van der Waals surface area contributed by atoms with Crippen molar-refractivity contribution >= 4 is 31.5 Å². The highest BCUT2D eigenvalue weighted by Crippen LogP contribution is 2.46. The summed E-state index contributed by atoms with van der Waals surface area (Å²) in [4.78, 5) is 0. The van der Waals surface area contributed by atoms with Crippen molar-refractivity contribution in [1.29, 1.82) is 0 Å². The largest absolute Gasteiger partial charge is 0.135 e. The van der Waals surface area contributed by atoms with Gasteiger partial charge in [-0.3, -0.25) is 0 Å². The lowest BCUT2D eigenvalue weighted by Crippen LogP contribution is -1.86. The van der Waals surface area contributed by atoms with Gasteiger partial charge in [-0.05, 0) is 40.3 Å². The van der Waals surface area contributed by atoms with Crippen molar-refractivity contribution in [1.82, 2.24) is 0 Å². The van der Waals surface area contributed by atoms with Gasteiger partial charge in [-0.1, -0.05) is 78.9 Å². The van der Waals surface area contributed by atoms with E-state index in [1.54, 1.807) is 0 Å². The molecule has 0 bridgehead atoms. The van der Waals surface area contributed by atoms with Gasteiger partial charge in [0.05, 0.1) is 0 Å². The molecule has 0 unspecified atom stereocenters. The smallest absolute Gasteiger partial charge is 0.0434 e. The summed E-state index contributed by atoms with van der Waals surface area (Å²) in [5.74, 6) is 0. The zero-order valence-corrected chi connectivity index (χ0v) is 15.0. The number of thiophene rings is 1. The highest BCUT2D eigenvalue weighted by atomic mass is 32.1. The highest BCUT2D eigenvalue weighted by molar-refractivity contribution is 7.26. The van der Waals surface area contributed by atoms with Gasteiger partial charge in [0.25, 0.3) is 0 Å². The zero-order chi connectivity index (χ0) is 17.1. The number of fused-ring (bicyclic) bond motifs is 6. The molecule has 4 aromatic carbocycles. The summed E-state index contributed by atoms with van der Waals surface area (Å²) < 4.78 is 2.76. The number of hydrogen-bond donors (Lipinski definition) is 0. The average Bonchev–Trinajstić information content (AvgIpc) is 3.26. The van der Waals surface area contributed by atoms with E-state index in [-0.39, 0.29) is 0 Å². The lowest BCUT2D eigenvalue weighted by Gasteiger charge is -2.11. The van der Waals surface area contributed by atoms with Crippen LogP contribution in [0.25, 0.3) is 42.4 Å². The van der Waals surface area contributed by atoms with Gasteiger partial charge < -0.3 is 0 Å². The van der Waals surface area contributed by atoms with Gasteiger partial charge in [0.15, 0.2) is 0 Å². The van der Waals surface area contributed by atoms with E-state index in [1.807, 2.05) is 11.3 Å². The minimum atomic E-state index is 1.04. The molecule has 1 heterocycles. The second kappa shape index (κ2) is 5.30. The van der Waals surface area contributed by atoms with E-state index < -0.39 is 0 Å². The molecular weight excluding hydrogens is 332 g/mol. The molecule has 0 saturated carbocycles. The molecule has 0 spiro atoms. The molecule has 0 fully saturated rings. The quantitative estimate of drug-likeness (QED) is 0.292. The van der Waals surface area contributed by atoms with Crippen molar-refractivity contribution in [2.24, 2.45) is 0 Å². The van der Waals surface area contributed by atoms with Crippen LogP contribution in [0.5, 0.6) is 0 Å². The van der Waals surface area contributed by atoms with E-state index in [2.05, 4.69) is 84.9 Å². The van der Waals surface area contributed by atoms with Crippen LogP contribution in [-0.4, -0.2) is 0 Å². The van der Waals surface area contributed by atoms with Gasteiger partial charge in [0.1, 0.15) is 0 Å². The summed E-state index contributed by atoms with van der Waals surface area (Å²) >= 11 is 1.91. The Morgan fingerprint density at radius 3 is 2.23 bits per heavy atom. The van der Waals surface area contributed by atoms with E-state index in [0.29, 0.717) is 0 Å². The molecule has 26 heavy (non-hydrogen) atoms. The maximum Gasteiger partial charge on any atom is 0.0434 e. The number of hydrogen-bond acceptors (Lipinski definition) is 1. The van der Waals surface area contributed by atoms with Gasteiger partial charge in [0, 0.05) is 25.7 Å². The van der Waals surface area contributed by atoms with Gasteiger partial charge in [-0.15, -0.1) is 11.3 Å². The standard InChI is InChI=1S/C25H16S/c1-2-9-18-16(7-1)15-17-8-5-11-20(24(17)18)22-13-6-12-21-19-10-3-4-14-23(19)26-25(21)22/h1-14H,15H2. The first-order chi connectivity index (χ1) is 12.9. The summed E-state index contributed by atoms with van der Waals surface area (Å²) in [6, 6.07) is 31.1. The topological polar surface area (TPSA) is 0 Å². The van der Waals surface area contributed by atoms with Crippen molar-refractivity contribution in [3.05, 3.63) is 96.1 Å². The molecule has 1 aliphatic carbocycles. The first-order valence-electron chi connectivity index (χ1n) is 9.01. The van der Waals surface area contributed by atoms with Crippen molar-refractivity contribution < 1.29 is 0 Å². The number of benzene rings is 4. The van der Waals surface area contributed by atoms with Crippen LogP contribution in [0, 0.1) is 0 Å². The average molecular weight is 348 g/mol. The Hall–Kier alpha value is -2.90. The molecule has 6 rings (SSSR count). The first kappa shape index (κ1) is 14.3. The van der Waals surface area contributed by atoms with Crippen molar-refractivity contribution in [3.63, 3.8) is 0 Å². The van der Waals surface area contributed by atoms with Crippen LogP contribution in [0.3, 0.4) is 0 Å². The fourth-order valence-electron chi connectivity index (χ4n) is 4.37. The molecule has 0 N–H and O–H groups in total. The van der Waals surface area contributed by atoms with E-state index in [1.165, 1.54) is 53.6 Å². The second-order valence-electron chi connectivity index (χ2n) is 6.95. The first-order valence-corrected chi connectivity index (χ1v) is 9.82. The summed E-state index contributed by atoms with van der Waals surface area (Å²) in [6.45, 7) is 0. The van der Waals surface area contributed by atoms with Crippen LogP contribution in [0.15, 0.2) is 84.9 Å². The Kier molecular flexibility index (Phi) is 2.91. The Balaban J connectivity index is 1.71. The van der Waals surface area contributed by atoms with E-state index in [9.17, 15) is 0 Å². The highest BCUT2D eigenvalue weighted by Gasteiger charge is 2.22. The Bertz CT molecular complexity index is 1310.